The summed E-state index contributed by atoms with van der Waals surface area (Å²) in [5, 5.41) is 9.42. The van der Waals surface area contributed by atoms with E-state index >= 15 is 0 Å². The molecule has 1 unspecified atom stereocenters. The molecule has 1 aliphatic carbocycles. The van der Waals surface area contributed by atoms with Crippen molar-refractivity contribution in [3.8, 4) is 0 Å². The molecule has 0 aliphatic heterocycles. The highest BCUT2D eigenvalue weighted by Crippen LogP contribution is 2.32. The summed E-state index contributed by atoms with van der Waals surface area (Å²) in [7, 11) is 0. The van der Waals surface area contributed by atoms with E-state index in [9.17, 15) is 14.4 Å². The molecule has 1 saturated carbocycles. The molecule has 2 aromatic heterocycles. The molecule has 0 saturated heterocycles. The molecule has 0 radical (unpaired) electrons. The van der Waals surface area contributed by atoms with Crippen molar-refractivity contribution in [2.24, 2.45) is 0 Å². The average molecular weight is 502 g/mol. The van der Waals surface area contributed by atoms with Gasteiger partial charge in [-0.2, -0.15) is 0 Å². The van der Waals surface area contributed by atoms with Crippen LogP contribution < -0.4 is 15.5 Å². The highest BCUT2D eigenvalue weighted by Gasteiger charge is 2.34. The third kappa shape index (κ3) is 6.49. The minimum Gasteiger partial charge on any atom is -0.360 e. The Bertz CT molecular complexity index is 1290. The van der Waals surface area contributed by atoms with Gasteiger partial charge in [-0.05, 0) is 56.9 Å². The third-order valence-electron chi connectivity index (χ3n) is 6.33. The number of carbonyl (C=O) groups is 3. The Morgan fingerprint density at radius 1 is 1.08 bits per heavy atom. The number of hydrogen-bond donors (Lipinski definition) is 2. The Morgan fingerprint density at radius 3 is 2.54 bits per heavy atom. The maximum absolute atomic E-state index is 13.7. The van der Waals surface area contributed by atoms with Gasteiger partial charge in [0.2, 0.25) is 11.8 Å². The number of pyridine rings is 1. The minimum atomic E-state index is -0.979. The van der Waals surface area contributed by atoms with E-state index in [4.69, 9.17) is 4.52 Å². The fraction of sp³-hybridized carbons (Fsp3) is 0.321. The van der Waals surface area contributed by atoms with Gasteiger partial charge in [0.15, 0.2) is 5.82 Å². The SMILES string of the molecule is Cc1ccc(C)c(N(C(=O)C=CC(=O)Nc2cc(C)on2)C(C(=O)NC2CCCC2)c2cccnc2)c1. The zero-order chi connectivity index (χ0) is 26.4. The molecule has 37 heavy (non-hydrogen) atoms. The van der Waals surface area contributed by atoms with Crippen LogP contribution in [-0.2, 0) is 14.4 Å². The Hall–Kier alpha value is -4.27. The van der Waals surface area contributed by atoms with Crippen LogP contribution in [0.25, 0.3) is 0 Å². The number of carbonyl (C=O) groups excluding carboxylic acids is 3. The zero-order valence-electron chi connectivity index (χ0n) is 21.2. The lowest BCUT2D eigenvalue weighted by molar-refractivity contribution is -0.125. The molecule has 2 heterocycles. The second-order valence-electron chi connectivity index (χ2n) is 9.32. The van der Waals surface area contributed by atoms with Gasteiger partial charge in [-0.1, -0.05) is 36.2 Å². The molecule has 192 valence electrons. The standard InChI is InChI=1S/C28H31N5O4/c1-18-10-11-19(2)23(15-18)33(26(35)13-12-25(34)31-24-16-20(3)37-32-24)27(21-7-6-14-29-17-21)28(36)30-22-8-4-5-9-22/h6-7,10-17,22,27H,4-5,8-9H2,1-3H3,(H,30,36)(H,31,32,34). The summed E-state index contributed by atoms with van der Waals surface area (Å²) in [5.74, 6) is -0.559. The summed E-state index contributed by atoms with van der Waals surface area (Å²) < 4.78 is 4.96. The quantitative estimate of drug-likeness (QED) is 0.444. The van der Waals surface area contributed by atoms with Crippen LogP contribution in [0.5, 0.6) is 0 Å². The monoisotopic (exact) mass is 501 g/mol. The first kappa shape index (κ1) is 25.8. The number of rotatable bonds is 8. The lowest BCUT2D eigenvalue weighted by Crippen LogP contribution is -2.46. The van der Waals surface area contributed by atoms with E-state index in [2.05, 4.69) is 20.8 Å². The number of aryl methyl sites for hydroxylation is 3. The van der Waals surface area contributed by atoms with Crippen LogP contribution >= 0.6 is 0 Å². The van der Waals surface area contributed by atoms with Crippen LogP contribution in [-0.4, -0.2) is 33.9 Å². The molecule has 1 atom stereocenters. The first-order valence-corrected chi connectivity index (χ1v) is 12.3. The number of aromatic nitrogens is 2. The predicted octanol–water partition coefficient (Wildman–Crippen LogP) is 4.32. The van der Waals surface area contributed by atoms with E-state index in [1.807, 2.05) is 32.0 Å². The fourth-order valence-corrected chi connectivity index (χ4v) is 4.49. The molecule has 1 aromatic carbocycles. The van der Waals surface area contributed by atoms with Gasteiger partial charge in [0.05, 0.1) is 0 Å². The molecule has 9 heteroatoms. The van der Waals surface area contributed by atoms with Crippen molar-refractivity contribution in [3.63, 3.8) is 0 Å². The van der Waals surface area contributed by atoms with Crippen molar-refractivity contribution in [1.29, 1.82) is 0 Å². The van der Waals surface area contributed by atoms with Crippen molar-refractivity contribution < 1.29 is 18.9 Å². The smallest absolute Gasteiger partial charge is 0.252 e. The number of hydrogen-bond acceptors (Lipinski definition) is 6. The van der Waals surface area contributed by atoms with Crippen molar-refractivity contribution in [2.75, 3.05) is 10.2 Å². The number of amides is 3. The second-order valence-corrected chi connectivity index (χ2v) is 9.32. The van der Waals surface area contributed by atoms with Crippen molar-refractivity contribution >= 4 is 29.2 Å². The lowest BCUT2D eigenvalue weighted by Gasteiger charge is -2.32. The normalized spacial score (nSPS) is 14.5. The molecule has 3 aromatic rings. The van der Waals surface area contributed by atoms with Gasteiger partial charge < -0.3 is 15.2 Å². The maximum Gasteiger partial charge on any atom is 0.252 e. The third-order valence-corrected chi connectivity index (χ3v) is 6.33. The lowest BCUT2D eigenvalue weighted by atomic mass is 10.0. The van der Waals surface area contributed by atoms with Crippen LogP contribution in [0.2, 0.25) is 0 Å². The summed E-state index contributed by atoms with van der Waals surface area (Å²) in [6.07, 6.45) is 9.43. The van der Waals surface area contributed by atoms with Crippen LogP contribution in [0.3, 0.4) is 0 Å². The number of nitrogens with one attached hydrogen (secondary N) is 2. The van der Waals surface area contributed by atoms with Crippen molar-refractivity contribution in [1.82, 2.24) is 15.5 Å². The van der Waals surface area contributed by atoms with E-state index in [1.165, 1.54) is 4.90 Å². The van der Waals surface area contributed by atoms with Gasteiger partial charge in [-0.3, -0.25) is 24.3 Å². The van der Waals surface area contributed by atoms with Gasteiger partial charge in [0.25, 0.3) is 5.91 Å². The molecule has 0 spiro atoms. The highest BCUT2D eigenvalue weighted by molar-refractivity contribution is 6.10. The van der Waals surface area contributed by atoms with Gasteiger partial charge in [-0.15, -0.1) is 0 Å². The van der Waals surface area contributed by atoms with Crippen LogP contribution in [0.4, 0.5) is 11.5 Å². The minimum absolute atomic E-state index is 0.0643. The Labute approximate surface area is 215 Å². The molecular formula is C28H31N5O4. The summed E-state index contributed by atoms with van der Waals surface area (Å²) in [6, 6.07) is 9.89. The number of anilines is 2. The largest absolute Gasteiger partial charge is 0.360 e. The van der Waals surface area contributed by atoms with E-state index in [0.29, 0.717) is 17.0 Å². The summed E-state index contributed by atoms with van der Waals surface area (Å²) in [4.78, 5) is 45.6. The Balaban J connectivity index is 1.70. The van der Waals surface area contributed by atoms with Crippen molar-refractivity contribution in [2.45, 2.75) is 58.5 Å². The van der Waals surface area contributed by atoms with Gasteiger partial charge in [0.1, 0.15) is 11.8 Å². The van der Waals surface area contributed by atoms with E-state index in [1.54, 1.807) is 37.5 Å². The molecule has 4 rings (SSSR count). The van der Waals surface area contributed by atoms with Crippen LogP contribution in [0.15, 0.2) is 65.5 Å². The molecule has 1 aliphatic rings. The van der Waals surface area contributed by atoms with Crippen LogP contribution in [0.1, 0.15) is 54.2 Å². The molecule has 9 nitrogen and oxygen atoms in total. The molecule has 0 bridgehead atoms. The van der Waals surface area contributed by atoms with Crippen molar-refractivity contribution in [3.05, 3.63) is 83.4 Å². The van der Waals surface area contributed by atoms with Crippen LogP contribution in [0, 0.1) is 20.8 Å². The molecule has 2 N–H and O–H groups in total. The first-order chi connectivity index (χ1) is 17.8. The zero-order valence-corrected chi connectivity index (χ0v) is 21.2. The Kier molecular flexibility index (Phi) is 8.12. The van der Waals surface area contributed by atoms with E-state index in [-0.39, 0.29) is 17.8 Å². The second kappa shape index (κ2) is 11.6. The first-order valence-electron chi connectivity index (χ1n) is 12.3. The Morgan fingerprint density at radius 2 is 1.86 bits per heavy atom. The average Bonchev–Trinajstić information content (AvgIpc) is 3.54. The molecular weight excluding hydrogens is 470 g/mol. The van der Waals surface area contributed by atoms with Gasteiger partial charge >= 0.3 is 0 Å². The number of benzene rings is 1. The summed E-state index contributed by atoms with van der Waals surface area (Å²) in [6.45, 7) is 5.51. The highest BCUT2D eigenvalue weighted by atomic mass is 16.5. The fourth-order valence-electron chi connectivity index (χ4n) is 4.49. The number of nitrogens with zero attached hydrogens (tertiary/aromatic N) is 3. The molecule has 1 fully saturated rings. The van der Waals surface area contributed by atoms with E-state index in [0.717, 1.165) is 49.0 Å². The van der Waals surface area contributed by atoms with Gasteiger partial charge in [-0.25, -0.2) is 0 Å². The van der Waals surface area contributed by atoms with Gasteiger partial charge in [0, 0.05) is 47.9 Å². The summed E-state index contributed by atoms with van der Waals surface area (Å²) in [5.41, 5.74) is 2.90. The molecule has 3 amide bonds. The topological polar surface area (TPSA) is 117 Å². The predicted molar refractivity (Wildman–Crippen MR) is 140 cm³/mol. The maximum atomic E-state index is 13.7. The van der Waals surface area contributed by atoms with E-state index < -0.39 is 17.9 Å². The summed E-state index contributed by atoms with van der Waals surface area (Å²) >= 11 is 0.